The molecule has 2 aromatic rings. The second kappa shape index (κ2) is 8.03. The van der Waals surface area contributed by atoms with E-state index in [4.69, 9.17) is 10.5 Å². The number of nitrogens with zero attached hydrogens (tertiary/aromatic N) is 2. The third-order valence-corrected chi connectivity index (χ3v) is 5.13. The third-order valence-electron chi connectivity index (χ3n) is 3.43. The summed E-state index contributed by atoms with van der Waals surface area (Å²) < 4.78 is 5.80. The van der Waals surface area contributed by atoms with Crippen molar-refractivity contribution in [3.8, 4) is 0 Å². The smallest absolute Gasteiger partial charge is 0.250 e. The number of carbonyl (C=O) groups is 1. The van der Waals surface area contributed by atoms with Crippen molar-refractivity contribution in [2.45, 2.75) is 32.3 Å². The molecule has 2 heterocycles. The van der Waals surface area contributed by atoms with E-state index in [0.717, 1.165) is 18.2 Å². The van der Waals surface area contributed by atoms with Crippen LogP contribution in [0.4, 0.5) is 11.5 Å². The number of hydrogen-bond acceptors (Lipinski definition) is 5. The van der Waals surface area contributed by atoms with Crippen LogP contribution in [0.15, 0.2) is 36.8 Å². The van der Waals surface area contributed by atoms with Crippen molar-refractivity contribution in [3.05, 3.63) is 47.9 Å². The number of hydrogen-bond donors (Lipinski definition) is 2. The van der Waals surface area contributed by atoms with E-state index in [-0.39, 0.29) is 0 Å². The molecule has 0 saturated carbocycles. The molecule has 0 aliphatic carbocycles. The fourth-order valence-electron chi connectivity index (χ4n) is 2.01. The molecule has 1 amide bonds. The Morgan fingerprint density at radius 3 is 2.83 bits per heavy atom. The molecule has 0 saturated heterocycles. The van der Waals surface area contributed by atoms with E-state index in [2.05, 4.69) is 34.9 Å². The molecular weight excluding hydrogens is 320 g/mol. The van der Waals surface area contributed by atoms with Gasteiger partial charge in [-0.3, -0.25) is 9.78 Å². The van der Waals surface area contributed by atoms with Gasteiger partial charge in [-0.05, 0) is 18.2 Å². The largest absolute Gasteiger partial charge is 0.377 e. The van der Waals surface area contributed by atoms with Crippen molar-refractivity contribution in [1.82, 2.24) is 9.97 Å². The molecule has 0 fully saturated rings. The number of pyridine rings is 2. The van der Waals surface area contributed by atoms with Crippen LogP contribution in [0, 0.1) is 0 Å². The summed E-state index contributed by atoms with van der Waals surface area (Å²) >= 11 is 0. The number of nitrogens with two attached hydrogens (primary N) is 1. The minimum Gasteiger partial charge on any atom is -0.377 e. The molecule has 0 aromatic carbocycles. The van der Waals surface area contributed by atoms with Crippen LogP contribution < -0.4 is 11.1 Å². The second-order valence-electron chi connectivity index (χ2n) is 6.83. The zero-order chi connectivity index (χ0) is 17.6. The Kier molecular flexibility index (Phi) is 6.05. The topological polar surface area (TPSA) is 90.1 Å². The van der Waals surface area contributed by atoms with Crippen LogP contribution in [-0.4, -0.2) is 30.6 Å². The Bertz CT molecular complexity index is 701. The predicted molar refractivity (Wildman–Crippen MR) is 98.1 cm³/mol. The molecule has 0 bridgehead atoms. The molecule has 2 rings (SSSR count). The molecular formula is C17H24N4O2Si. The lowest BCUT2D eigenvalue weighted by molar-refractivity contribution is 0.1000. The normalized spacial score (nSPS) is 11.3. The lowest BCUT2D eigenvalue weighted by Crippen LogP contribution is -2.21. The van der Waals surface area contributed by atoms with Crippen LogP contribution in [-0.2, 0) is 11.3 Å². The molecule has 24 heavy (non-hydrogen) atoms. The highest BCUT2D eigenvalue weighted by molar-refractivity contribution is 6.76. The van der Waals surface area contributed by atoms with Gasteiger partial charge >= 0.3 is 0 Å². The molecule has 2 aromatic heterocycles. The summed E-state index contributed by atoms with van der Waals surface area (Å²) in [6.45, 7) is 8.22. The first-order valence-corrected chi connectivity index (χ1v) is 11.6. The summed E-state index contributed by atoms with van der Waals surface area (Å²) in [5.41, 5.74) is 7.25. The Morgan fingerprint density at radius 2 is 2.12 bits per heavy atom. The van der Waals surface area contributed by atoms with E-state index in [9.17, 15) is 4.79 Å². The fourth-order valence-corrected chi connectivity index (χ4v) is 2.76. The molecule has 0 aliphatic rings. The van der Waals surface area contributed by atoms with Crippen molar-refractivity contribution < 1.29 is 9.53 Å². The number of primary amides is 1. The zero-order valence-corrected chi connectivity index (χ0v) is 15.4. The third kappa shape index (κ3) is 5.75. The standard InChI is InChI=1S/C17H24N4O2Si/c1-24(2,3)8-7-23-12-13-5-4-6-20-17(13)21-15-9-14(16(18)22)10-19-11-15/h4-6,9-11H,7-8,12H2,1-3H3,(H2,18,22)(H,20,21). The molecule has 7 heteroatoms. The first-order valence-electron chi connectivity index (χ1n) is 7.89. The van der Waals surface area contributed by atoms with Gasteiger partial charge in [0.15, 0.2) is 0 Å². The SMILES string of the molecule is C[Si](C)(C)CCOCc1cccnc1Nc1cncc(C(N)=O)c1. The van der Waals surface area contributed by atoms with Gasteiger partial charge in [0.1, 0.15) is 5.82 Å². The lowest BCUT2D eigenvalue weighted by Gasteiger charge is -2.16. The summed E-state index contributed by atoms with van der Waals surface area (Å²) in [6.07, 6.45) is 4.77. The van der Waals surface area contributed by atoms with Crippen LogP contribution >= 0.6 is 0 Å². The maximum atomic E-state index is 11.3. The van der Waals surface area contributed by atoms with E-state index in [1.165, 1.54) is 6.20 Å². The van der Waals surface area contributed by atoms with Gasteiger partial charge in [-0.2, -0.15) is 0 Å². The van der Waals surface area contributed by atoms with E-state index in [0.29, 0.717) is 23.7 Å². The van der Waals surface area contributed by atoms with E-state index >= 15 is 0 Å². The minimum atomic E-state index is -1.10. The van der Waals surface area contributed by atoms with Crippen LogP contribution in [0.1, 0.15) is 15.9 Å². The van der Waals surface area contributed by atoms with Gasteiger partial charge in [0.25, 0.3) is 0 Å². The van der Waals surface area contributed by atoms with Crippen LogP contribution in [0.2, 0.25) is 25.7 Å². The Morgan fingerprint density at radius 1 is 1.33 bits per heavy atom. The Balaban J connectivity index is 2.03. The number of ether oxygens (including phenoxy) is 1. The average Bonchev–Trinajstić information content (AvgIpc) is 2.52. The molecule has 0 spiro atoms. The van der Waals surface area contributed by atoms with E-state index in [1.54, 1.807) is 18.5 Å². The lowest BCUT2D eigenvalue weighted by atomic mass is 10.2. The quantitative estimate of drug-likeness (QED) is 0.567. The van der Waals surface area contributed by atoms with Gasteiger partial charge in [0, 0.05) is 32.6 Å². The summed E-state index contributed by atoms with van der Waals surface area (Å²) in [5.74, 6) is 0.177. The minimum absolute atomic E-state index is 0.351. The van der Waals surface area contributed by atoms with Gasteiger partial charge in [-0.1, -0.05) is 25.7 Å². The van der Waals surface area contributed by atoms with Gasteiger partial charge in [-0.25, -0.2) is 4.98 Å². The highest BCUT2D eigenvalue weighted by atomic mass is 28.3. The number of rotatable bonds is 8. The van der Waals surface area contributed by atoms with E-state index < -0.39 is 14.0 Å². The summed E-state index contributed by atoms with van der Waals surface area (Å²) in [6, 6.07) is 6.62. The monoisotopic (exact) mass is 344 g/mol. The highest BCUT2D eigenvalue weighted by Gasteiger charge is 2.12. The highest BCUT2D eigenvalue weighted by Crippen LogP contribution is 2.19. The predicted octanol–water partition coefficient (Wildman–Crippen LogP) is 3.17. The molecule has 128 valence electrons. The summed E-state index contributed by atoms with van der Waals surface area (Å²) in [7, 11) is -1.10. The van der Waals surface area contributed by atoms with Gasteiger partial charge in [0.2, 0.25) is 5.91 Å². The number of anilines is 2. The van der Waals surface area contributed by atoms with Crippen molar-refractivity contribution in [2.75, 3.05) is 11.9 Å². The van der Waals surface area contributed by atoms with Gasteiger partial charge in [0.05, 0.1) is 24.1 Å². The van der Waals surface area contributed by atoms with Gasteiger partial charge in [-0.15, -0.1) is 0 Å². The fraction of sp³-hybridized carbons (Fsp3) is 0.353. The molecule has 0 aliphatic heterocycles. The van der Waals surface area contributed by atoms with Crippen molar-refractivity contribution in [2.24, 2.45) is 5.73 Å². The zero-order valence-electron chi connectivity index (χ0n) is 14.4. The second-order valence-corrected chi connectivity index (χ2v) is 12.4. The maximum Gasteiger partial charge on any atom is 0.250 e. The van der Waals surface area contributed by atoms with E-state index in [1.807, 2.05) is 12.1 Å². The van der Waals surface area contributed by atoms with Crippen molar-refractivity contribution >= 4 is 25.5 Å². The number of amides is 1. The number of aromatic nitrogens is 2. The van der Waals surface area contributed by atoms with Crippen LogP contribution in [0.5, 0.6) is 0 Å². The van der Waals surface area contributed by atoms with Crippen molar-refractivity contribution in [1.29, 1.82) is 0 Å². The Labute approximate surface area is 143 Å². The molecule has 0 unspecified atom stereocenters. The van der Waals surface area contributed by atoms with Crippen LogP contribution in [0.3, 0.4) is 0 Å². The maximum absolute atomic E-state index is 11.3. The molecule has 0 radical (unpaired) electrons. The average molecular weight is 344 g/mol. The summed E-state index contributed by atoms with van der Waals surface area (Å²) in [4.78, 5) is 19.6. The molecule has 6 nitrogen and oxygen atoms in total. The van der Waals surface area contributed by atoms with Crippen LogP contribution in [0.25, 0.3) is 0 Å². The molecule has 0 atom stereocenters. The Hall–Kier alpha value is -2.25. The molecule has 3 N–H and O–H groups in total. The number of nitrogens with one attached hydrogen (secondary N) is 1. The first-order chi connectivity index (χ1) is 11.3. The van der Waals surface area contributed by atoms with Gasteiger partial charge < -0.3 is 15.8 Å². The number of carbonyl (C=O) groups excluding carboxylic acids is 1. The summed E-state index contributed by atoms with van der Waals surface area (Å²) in [5, 5.41) is 3.17. The first kappa shape index (κ1) is 18.1. The van der Waals surface area contributed by atoms with Crippen molar-refractivity contribution in [3.63, 3.8) is 0 Å².